The van der Waals surface area contributed by atoms with Gasteiger partial charge in [-0.1, -0.05) is 5.16 Å². The molecule has 1 aliphatic heterocycles. The van der Waals surface area contributed by atoms with Crippen LogP contribution in [-0.2, 0) is 16.6 Å². The van der Waals surface area contributed by atoms with Gasteiger partial charge in [-0.2, -0.15) is 5.10 Å². The molecular weight excluding hydrogens is 462 g/mol. The van der Waals surface area contributed by atoms with Crippen LogP contribution in [0.1, 0.15) is 5.56 Å². The Bertz CT molecular complexity index is 1450. The van der Waals surface area contributed by atoms with Crippen molar-refractivity contribution in [3.05, 3.63) is 48.3 Å². The molecule has 11 nitrogen and oxygen atoms in total. The van der Waals surface area contributed by atoms with Crippen molar-refractivity contribution in [2.24, 2.45) is 0 Å². The second-order valence-electron chi connectivity index (χ2n) is 7.73. The van der Waals surface area contributed by atoms with Gasteiger partial charge in [0, 0.05) is 19.4 Å². The van der Waals surface area contributed by atoms with E-state index in [0.717, 1.165) is 5.56 Å². The summed E-state index contributed by atoms with van der Waals surface area (Å²) in [6.45, 7) is 1.47. The number of aromatic nitrogens is 3. The maximum absolute atomic E-state index is 13.6. The number of rotatable bonds is 7. The molecule has 2 aromatic carbocycles. The van der Waals surface area contributed by atoms with Gasteiger partial charge in [0.05, 0.1) is 33.0 Å². The highest BCUT2D eigenvalue weighted by molar-refractivity contribution is 7.93. The van der Waals surface area contributed by atoms with Gasteiger partial charge in [0.15, 0.2) is 22.0 Å². The molecule has 3 heterocycles. The van der Waals surface area contributed by atoms with E-state index in [1.54, 1.807) is 35.1 Å². The average molecular weight is 486 g/mol. The number of nitrogens with one attached hydrogen (secondary N) is 1. The van der Waals surface area contributed by atoms with E-state index in [9.17, 15) is 8.42 Å². The van der Waals surface area contributed by atoms with Crippen LogP contribution in [0, 0.1) is 0 Å². The summed E-state index contributed by atoms with van der Waals surface area (Å²) in [6, 6.07) is 8.76. The average Bonchev–Trinajstić information content (AvgIpc) is 3.48. The molecule has 178 valence electrons. The maximum Gasteiger partial charge on any atom is 0.270 e. The number of methoxy groups -OCH3 is 2. The number of hydrogen-bond acceptors (Lipinski definition) is 9. The SMILES string of the molecule is COc1ccc2c(c1S(=O)(=O)Nc1noc3cc(Cn4cccn4)cc(OC)c13)OCCN2C. The van der Waals surface area contributed by atoms with E-state index in [4.69, 9.17) is 18.7 Å². The molecule has 5 rings (SSSR count). The van der Waals surface area contributed by atoms with Crippen LogP contribution in [-0.4, -0.2) is 57.8 Å². The van der Waals surface area contributed by atoms with E-state index in [0.29, 0.717) is 42.1 Å². The summed E-state index contributed by atoms with van der Waals surface area (Å²) in [5.74, 6) is 0.794. The summed E-state index contributed by atoms with van der Waals surface area (Å²) in [5, 5.41) is 8.58. The van der Waals surface area contributed by atoms with Crippen LogP contribution in [0.15, 0.2) is 52.1 Å². The van der Waals surface area contributed by atoms with Crippen molar-refractivity contribution in [2.45, 2.75) is 11.4 Å². The summed E-state index contributed by atoms with van der Waals surface area (Å²) in [4.78, 5) is 1.82. The third kappa shape index (κ3) is 3.75. The monoisotopic (exact) mass is 485 g/mol. The fourth-order valence-electron chi connectivity index (χ4n) is 3.97. The van der Waals surface area contributed by atoms with Gasteiger partial charge in [-0.05, 0) is 35.9 Å². The predicted octanol–water partition coefficient (Wildman–Crippen LogP) is 2.72. The van der Waals surface area contributed by atoms with E-state index in [2.05, 4.69) is 15.0 Å². The van der Waals surface area contributed by atoms with Crippen LogP contribution in [0.25, 0.3) is 11.0 Å². The lowest BCUT2D eigenvalue weighted by atomic mass is 10.1. The lowest BCUT2D eigenvalue weighted by Gasteiger charge is -2.29. The fourth-order valence-corrected chi connectivity index (χ4v) is 5.29. The van der Waals surface area contributed by atoms with Gasteiger partial charge in [0.1, 0.15) is 23.5 Å². The summed E-state index contributed by atoms with van der Waals surface area (Å²) >= 11 is 0. The summed E-state index contributed by atoms with van der Waals surface area (Å²) in [6.07, 6.45) is 3.53. The molecule has 0 spiro atoms. The topological polar surface area (TPSA) is 121 Å². The highest BCUT2D eigenvalue weighted by Gasteiger charge is 2.32. The molecule has 0 fully saturated rings. The summed E-state index contributed by atoms with van der Waals surface area (Å²) < 4.78 is 53.5. The van der Waals surface area contributed by atoms with Crippen LogP contribution >= 0.6 is 0 Å². The number of fused-ring (bicyclic) bond motifs is 2. The van der Waals surface area contributed by atoms with E-state index < -0.39 is 10.0 Å². The molecule has 12 heteroatoms. The van der Waals surface area contributed by atoms with Gasteiger partial charge in [-0.25, -0.2) is 8.42 Å². The van der Waals surface area contributed by atoms with Gasteiger partial charge in [-0.15, -0.1) is 0 Å². The number of sulfonamides is 1. The number of nitrogens with zero attached hydrogens (tertiary/aromatic N) is 4. The van der Waals surface area contributed by atoms with Crippen molar-refractivity contribution in [1.29, 1.82) is 0 Å². The first kappa shape index (κ1) is 21.9. The lowest BCUT2D eigenvalue weighted by molar-refractivity contribution is 0.297. The molecule has 34 heavy (non-hydrogen) atoms. The number of anilines is 2. The van der Waals surface area contributed by atoms with E-state index in [1.165, 1.54) is 14.2 Å². The van der Waals surface area contributed by atoms with Crippen molar-refractivity contribution in [1.82, 2.24) is 14.9 Å². The molecule has 1 N–H and O–H groups in total. The van der Waals surface area contributed by atoms with Crippen molar-refractivity contribution >= 4 is 32.5 Å². The Labute approximate surface area is 195 Å². The first-order valence-electron chi connectivity index (χ1n) is 10.4. The van der Waals surface area contributed by atoms with Crippen LogP contribution in [0.3, 0.4) is 0 Å². The van der Waals surface area contributed by atoms with E-state index >= 15 is 0 Å². The summed E-state index contributed by atoms with van der Waals surface area (Å²) in [7, 11) is 0.596. The molecule has 0 saturated carbocycles. The Kier molecular flexibility index (Phi) is 5.44. The Balaban J connectivity index is 1.56. The zero-order chi connectivity index (χ0) is 23.9. The van der Waals surface area contributed by atoms with Gasteiger partial charge >= 0.3 is 0 Å². The largest absolute Gasteiger partial charge is 0.496 e. The maximum atomic E-state index is 13.6. The van der Waals surface area contributed by atoms with Gasteiger partial charge in [0.25, 0.3) is 10.0 Å². The minimum absolute atomic E-state index is 0.00121. The quantitative estimate of drug-likeness (QED) is 0.421. The van der Waals surface area contributed by atoms with Crippen molar-refractivity contribution < 1.29 is 27.2 Å². The van der Waals surface area contributed by atoms with Crippen LogP contribution in [0.2, 0.25) is 0 Å². The molecule has 0 bridgehead atoms. The van der Waals surface area contributed by atoms with Gasteiger partial charge in [0.2, 0.25) is 0 Å². The Morgan fingerprint density at radius 3 is 2.74 bits per heavy atom. The van der Waals surface area contributed by atoms with Crippen molar-refractivity contribution in [3.8, 4) is 17.2 Å². The van der Waals surface area contributed by atoms with E-state index in [-0.39, 0.29) is 22.2 Å². The molecule has 2 aromatic heterocycles. The normalized spacial score (nSPS) is 13.4. The lowest BCUT2D eigenvalue weighted by Crippen LogP contribution is -2.30. The van der Waals surface area contributed by atoms with Gasteiger partial charge < -0.3 is 23.6 Å². The van der Waals surface area contributed by atoms with Crippen LogP contribution < -0.4 is 23.8 Å². The smallest absolute Gasteiger partial charge is 0.270 e. The molecule has 0 amide bonds. The number of likely N-dealkylation sites (N-methyl/N-ethyl adjacent to an activating group) is 1. The third-order valence-electron chi connectivity index (χ3n) is 5.58. The molecular formula is C22H23N5O6S. The minimum Gasteiger partial charge on any atom is -0.496 e. The second kappa shape index (κ2) is 8.45. The number of hydrogen-bond donors (Lipinski definition) is 1. The van der Waals surface area contributed by atoms with Gasteiger partial charge in [-0.3, -0.25) is 9.40 Å². The second-order valence-corrected chi connectivity index (χ2v) is 9.35. The molecule has 0 unspecified atom stereocenters. The van der Waals surface area contributed by atoms with E-state index in [1.807, 2.05) is 24.2 Å². The molecule has 0 aliphatic carbocycles. The first-order chi connectivity index (χ1) is 16.4. The molecule has 0 saturated heterocycles. The summed E-state index contributed by atoms with van der Waals surface area (Å²) in [5.41, 5.74) is 1.88. The number of benzene rings is 2. The first-order valence-corrected chi connectivity index (χ1v) is 11.9. The molecule has 0 radical (unpaired) electrons. The van der Waals surface area contributed by atoms with Crippen molar-refractivity contribution in [2.75, 3.05) is 44.0 Å². The van der Waals surface area contributed by atoms with Crippen LogP contribution in [0.4, 0.5) is 11.5 Å². The zero-order valence-corrected chi connectivity index (χ0v) is 19.6. The standard InChI is InChI=1S/C22H23N5O6S/c1-26-9-10-32-20-15(26)5-6-16(30-2)21(20)34(28,29)25-22-19-17(31-3)11-14(12-18(19)33-24-22)13-27-8-4-7-23-27/h4-8,11-12H,9-10,13H2,1-3H3,(H,24,25). The Hall–Kier alpha value is -3.93. The highest BCUT2D eigenvalue weighted by Crippen LogP contribution is 2.44. The van der Waals surface area contributed by atoms with Crippen LogP contribution in [0.5, 0.6) is 17.2 Å². The Morgan fingerprint density at radius 2 is 2.00 bits per heavy atom. The minimum atomic E-state index is -4.18. The fraction of sp³-hybridized carbons (Fsp3) is 0.273. The zero-order valence-electron chi connectivity index (χ0n) is 18.8. The Morgan fingerprint density at radius 1 is 1.18 bits per heavy atom. The number of ether oxygens (including phenoxy) is 3. The predicted molar refractivity (Wildman–Crippen MR) is 124 cm³/mol. The third-order valence-corrected chi connectivity index (χ3v) is 6.97. The molecule has 1 aliphatic rings. The molecule has 0 atom stereocenters. The highest BCUT2D eigenvalue weighted by atomic mass is 32.2. The van der Waals surface area contributed by atoms with Crippen molar-refractivity contribution in [3.63, 3.8) is 0 Å². The molecule has 4 aromatic rings.